The summed E-state index contributed by atoms with van der Waals surface area (Å²) in [6.45, 7) is 0. The SMILES string of the molecule is Fc1ccc(-c2ccc3ccc4c(-c5ccc(-c6ccc(-c7ccc(-c8ccc9c%10c%11c(ccc8%10)C=CCC%11=CC9)cc7)cc6)cc5)ccc5ccc2c3c54)cc1. The number of halogens is 1. The van der Waals surface area contributed by atoms with E-state index in [4.69, 9.17) is 0 Å². The number of allylic oxidation sites excluding steroid dienone is 3. The minimum atomic E-state index is -0.219. The highest BCUT2D eigenvalue weighted by Crippen LogP contribution is 2.45. The van der Waals surface area contributed by atoms with Crippen molar-refractivity contribution in [2.75, 3.05) is 0 Å². The van der Waals surface area contributed by atoms with Crippen LogP contribution in [0.25, 0.3) is 110 Å². The first-order valence-corrected chi connectivity index (χ1v) is 19.9. The van der Waals surface area contributed by atoms with Crippen LogP contribution in [0.3, 0.4) is 0 Å². The van der Waals surface area contributed by atoms with Gasteiger partial charge in [0.15, 0.2) is 0 Å². The van der Waals surface area contributed by atoms with E-state index in [2.05, 4.69) is 164 Å². The summed E-state index contributed by atoms with van der Waals surface area (Å²) in [5.41, 5.74) is 17.6. The number of rotatable bonds is 5. The van der Waals surface area contributed by atoms with Crippen LogP contribution in [0.15, 0.2) is 182 Å². The Bertz CT molecular complexity index is 3290. The molecule has 1 heteroatoms. The highest BCUT2D eigenvalue weighted by molar-refractivity contribution is 6.27. The summed E-state index contributed by atoms with van der Waals surface area (Å²) in [4.78, 5) is 0. The molecule has 0 atom stereocenters. The molecule has 2 aliphatic rings. The Labute approximate surface area is 330 Å². The maximum absolute atomic E-state index is 13.8. The number of hydrogen-bond acceptors (Lipinski definition) is 0. The molecule has 10 aromatic rings. The van der Waals surface area contributed by atoms with E-state index in [1.807, 2.05) is 12.1 Å². The number of hydrogen-bond donors (Lipinski definition) is 0. The fraction of sp³-hybridized carbons (Fsp3) is 0.0357. The Balaban J connectivity index is 0.836. The van der Waals surface area contributed by atoms with E-state index in [0.717, 1.165) is 24.0 Å². The molecule has 0 saturated heterocycles. The van der Waals surface area contributed by atoms with Gasteiger partial charge >= 0.3 is 0 Å². The molecule has 0 nitrogen and oxygen atoms in total. The fourth-order valence-corrected chi connectivity index (χ4v) is 9.75. The largest absolute Gasteiger partial charge is 0.207 e. The third kappa shape index (κ3) is 5.06. The van der Waals surface area contributed by atoms with Crippen LogP contribution < -0.4 is 0 Å². The van der Waals surface area contributed by atoms with Crippen LogP contribution in [0.1, 0.15) is 23.1 Å². The normalized spacial score (nSPS) is 13.2. The summed E-state index contributed by atoms with van der Waals surface area (Å²) in [5.74, 6) is -0.219. The molecule has 0 amide bonds. The first-order valence-electron chi connectivity index (χ1n) is 19.9. The molecule has 0 aromatic heterocycles. The lowest BCUT2D eigenvalue weighted by atomic mass is 9.80. The zero-order valence-corrected chi connectivity index (χ0v) is 31.2. The molecule has 0 bridgehead atoms. The molecular formula is C56H35F. The van der Waals surface area contributed by atoms with Crippen molar-refractivity contribution in [1.29, 1.82) is 0 Å². The topological polar surface area (TPSA) is 0 Å². The minimum Gasteiger partial charge on any atom is -0.207 e. The molecule has 0 aliphatic heterocycles. The van der Waals surface area contributed by atoms with E-state index in [9.17, 15) is 4.39 Å². The molecule has 57 heavy (non-hydrogen) atoms. The molecule has 12 rings (SSSR count). The van der Waals surface area contributed by atoms with Gasteiger partial charge in [-0.2, -0.15) is 0 Å². The molecule has 0 fully saturated rings. The average molecular weight is 727 g/mol. The van der Waals surface area contributed by atoms with Crippen molar-refractivity contribution >= 4 is 54.7 Å². The summed E-state index contributed by atoms with van der Waals surface area (Å²) in [5, 5.41) is 10.2. The van der Waals surface area contributed by atoms with Crippen LogP contribution in [0, 0.1) is 5.82 Å². The van der Waals surface area contributed by atoms with Gasteiger partial charge in [0.1, 0.15) is 5.82 Å². The van der Waals surface area contributed by atoms with Gasteiger partial charge in [-0.3, -0.25) is 0 Å². The maximum atomic E-state index is 13.8. The fourth-order valence-electron chi connectivity index (χ4n) is 9.75. The Kier molecular flexibility index (Phi) is 7.04. The molecular weight excluding hydrogens is 692 g/mol. The molecule has 0 saturated carbocycles. The zero-order valence-electron chi connectivity index (χ0n) is 31.2. The maximum Gasteiger partial charge on any atom is 0.123 e. The molecule has 0 spiro atoms. The predicted octanol–water partition coefficient (Wildman–Crippen LogP) is 15.6. The van der Waals surface area contributed by atoms with Crippen molar-refractivity contribution in [3.63, 3.8) is 0 Å². The summed E-state index contributed by atoms with van der Waals surface area (Å²) >= 11 is 0. The Hall–Kier alpha value is -7.09. The van der Waals surface area contributed by atoms with Gasteiger partial charge in [-0.25, -0.2) is 4.39 Å². The van der Waals surface area contributed by atoms with Gasteiger partial charge in [0.2, 0.25) is 0 Å². The van der Waals surface area contributed by atoms with Gasteiger partial charge in [0.25, 0.3) is 0 Å². The molecule has 266 valence electrons. The highest BCUT2D eigenvalue weighted by atomic mass is 19.1. The molecule has 2 aliphatic carbocycles. The minimum absolute atomic E-state index is 0.219. The van der Waals surface area contributed by atoms with E-state index in [-0.39, 0.29) is 5.82 Å². The third-order valence-electron chi connectivity index (χ3n) is 12.6. The second-order valence-electron chi connectivity index (χ2n) is 15.7. The highest BCUT2D eigenvalue weighted by Gasteiger charge is 2.21. The quantitative estimate of drug-likeness (QED) is 0.155. The Morgan fingerprint density at radius 2 is 0.772 bits per heavy atom. The van der Waals surface area contributed by atoms with Crippen LogP contribution in [0.4, 0.5) is 4.39 Å². The van der Waals surface area contributed by atoms with Crippen molar-refractivity contribution in [2.45, 2.75) is 12.8 Å². The van der Waals surface area contributed by atoms with E-state index < -0.39 is 0 Å². The monoisotopic (exact) mass is 726 g/mol. The molecule has 0 radical (unpaired) electrons. The van der Waals surface area contributed by atoms with Crippen LogP contribution in [0.5, 0.6) is 0 Å². The number of benzene rings is 10. The van der Waals surface area contributed by atoms with Gasteiger partial charge in [-0.1, -0.05) is 176 Å². The van der Waals surface area contributed by atoms with Crippen LogP contribution in [-0.2, 0) is 6.42 Å². The lowest BCUT2D eigenvalue weighted by Crippen LogP contribution is -2.03. The van der Waals surface area contributed by atoms with Gasteiger partial charge in [0, 0.05) is 0 Å². The average Bonchev–Trinajstić information content (AvgIpc) is 3.28. The summed E-state index contributed by atoms with van der Waals surface area (Å²) in [6, 6.07) is 60.9. The van der Waals surface area contributed by atoms with E-state index >= 15 is 0 Å². The van der Waals surface area contributed by atoms with Crippen molar-refractivity contribution in [1.82, 2.24) is 0 Å². The molecule has 0 heterocycles. The predicted molar refractivity (Wildman–Crippen MR) is 240 cm³/mol. The summed E-state index contributed by atoms with van der Waals surface area (Å²) in [7, 11) is 0. The summed E-state index contributed by atoms with van der Waals surface area (Å²) in [6.07, 6.45) is 9.04. The van der Waals surface area contributed by atoms with Gasteiger partial charge in [0.05, 0.1) is 0 Å². The van der Waals surface area contributed by atoms with Crippen molar-refractivity contribution < 1.29 is 4.39 Å². The third-order valence-corrected chi connectivity index (χ3v) is 12.6. The van der Waals surface area contributed by atoms with Crippen molar-refractivity contribution in [3.8, 4) is 55.6 Å². The molecule has 0 unspecified atom stereocenters. The van der Waals surface area contributed by atoms with Gasteiger partial charge in [-0.15, -0.1) is 0 Å². The second-order valence-corrected chi connectivity index (χ2v) is 15.7. The smallest absolute Gasteiger partial charge is 0.123 e. The zero-order chi connectivity index (χ0) is 37.6. The van der Waals surface area contributed by atoms with E-state index in [0.29, 0.717) is 0 Å². The molecule has 10 aromatic carbocycles. The summed E-state index contributed by atoms with van der Waals surface area (Å²) < 4.78 is 13.8. The van der Waals surface area contributed by atoms with Crippen LogP contribution in [-0.4, -0.2) is 0 Å². The van der Waals surface area contributed by atoms with Crippen molar-refractivity contribution in [3.05, 3.63) is 205 Å². The second kappa shape index (κ2) is 12.5. The Morgan fingerprint density at radius 3 is 1.30 bits per heavy atom. The van der Waals surface area contributed by atoms with Gasteiger partial charge in [-0.05, 0) is 146 Å². The first-order chi connectivity index (χ1) is 28.1. The van der Waals surface area contributed by atoms with Crippen LogP contribution >= 0.6 is 0 Å². The van der Waals surface area contributed by atoms with E-state index in [1.54, 1.807) is 12.1 Å². The lowest BCUT2D eigenvalue weighted by Gasteiger charge is -2.24. The first kappa shape index (κ1) is 32.2. The Morgan fingerprint density at radius 1 is 0.351 bits per heavy atom. The van der Waals surface area contributed by atoms with Gasteiger partial charge < -0.3 is 0 Å². The van der Waals surface area contributed by atoms with Crippen LogP contribution in [0.2, 0.25) is 0 Å². The van der Waals surface area contributed by atoms with E-state index in [1.165, 1.54) is 110 Å². The molecule has 0 N–H and O–H groups in total. The standard InChI is InChI=1S/C56H35F/c57-46-26-18-40(19-27-46)49-30-22-45-24-32-51-48(29-21-44-25-33-52(49)56(45)55(44)51)39-14-10-37(11-15-39)35-6-4-34(5-7-35)36-8-12-38(13-9-36)47-28-20-43-17-16-41-2-1-3-42-23-31-50(47)54(43)53(41)42/h1,3-16,18-33H,2,17H2. The lowest BCUT2D eigenvalue weighted by molar-refractivity contribution is 0.628. The van der Waals surface area contributed by atoms with Crippen molar-refractivity contribution in [2.24, 2.45) is 0 Å².